The van der Waals surface area contributed by atoms with Crippen LogP contribution in [0.2, 0.25) is 0 Å². The van der Waals surface area contributed by atoms with Gasteiger partial charge in [-0.15, -0.1) is 0 Å². The van der Waals surface area contributed by atoms with Gasteiger partial charge in [0.25, 0.3) is 11.8 Å². The maximum Gasteiger partial charge on any atom is 0.410 e. The average molecular weight is 590 g/mol. The topological polar surface area (TPSA) is 154 Å². The van der Waals surface area contributed by atoms with Crippen LogP contribution in [0.25, 0.3) is 0 Å². The Kier molecular flexibility index (Phi) is 9.54. The lowest BCUT2D eigenvalue weighted by Gasteiger charge is -2.30. The monoisotopic (exact) mass is 589 g/mol. The summed E-state index contributed by atoms with van der Waals surface area (Å²) in [6.45, 7) is 5.69. The number of rotatable bonds is 6. The van der Waals surface area contributed by atoms with E-state index in [9.17, 15) is 29.4 Å². The fourth-order valence-electron chi connectivity index (χ4n) is 4.53. The average Bonchev–Trinajstić information content (AvgIpc) is 3.15. The lowest BCUT2D eigenvalue weighted by Crippen LogP contribution is -2.51. The van der Waals surface area contributed by atoms with Crippen molar-refractivity contribution < 1.29 is 38.9 Å². The van der Waals surface area contributed by atoms with Crippen LogP contribution in [-0.4, -0.2) is 69.8 Å². The third-order valence-electron chi connectivity index (χ3n) is 6.67. The third-order valence-corrected chi connectivity index (χ3v) is 6.67. The zero-order valence-electron chi connectivity index (χ0n) is 24.2. The van der Waals surface area contributed by atoms with Crippen LogP contribution in [0.3, 0.4) is 0 Å². The van der Waals surface area contributed by atoms with Crippen molar-refractivity contribution in [1.29, 1.82) is 0 Å². The van der Waals surface area contributed by atoms with Gasteiger partial charge >= 0.3 is 12.1 Å². The molecule has 4 N–H and O–H groups in total. The quantitative estimate of drug-likeness (QED) is 0.302. The van der Waals surface area contributed by atoms with E-state index in [1.165, 1.54) is 65.6 Å². The van der Waals surface area contributed by atoms with E-state index in [2.05, 4.69) is 10.6 Å². The summed E-state index contributed by atoms with van der Waals surface area (Å²) < 4.78 is 11.4. The van der Waals surface area contributed by atoms with Crippen molar-refractivity contribution in [3.8, 4) is 11.5 Å². The number of phenols is 2. The number of nitrogens with one attached hydrogen (secondary N) is 2. The smallest absolute Gasteiger partial charge is 0.410 e. The highest BCUT2D eigenvalue weighted by molar-refractivity contribution is 6.06. The van der Waals surface area contributed by atoms with E-state index in [1.807, 2.05) is 0 Å². The number of para-hydroxylation sites is 1. The first-order chi connectivity index (χ1) is 20.4. The van der Waals surface area contributed by atoms with Gasteiger partial charge in [-0.3, -0.25) is 9.59 Å². The summed E-state index contributed by atoms with van der Waals surface area (Å²) in [6.07, 6.45) is -0.424. The molecule has 4 rings (SSSR count). The largest absolute Gasteiger partial charge is 0.508 e. The summed E-state index contributed by atoms with van der Waals surface area (Å²) in [5.41, 5.74) is 0.314. The van der Waals surface area contributed by atoms with Gasteiger partial charge in [-0.05, 0) is 94.3 Å². The van der Waals surface area contributed by atoms with E-state index in [0.717, 1.165) is 0 Å². The van der Waals surface area contributed by atoms with Gasteiger partial charge in [-0.1, -0.05) is 12.1 Å². The second kappa shape index (κ2) is 13.3. The number of amides is 3. The zero-order chi connectivity index (χ0) is 31.1. The molecule has 1 saturated heterocycles. The minimum atomic E-state index is -0.763. The molecule has 0 bridgehead atoms. The molecule has 0 aliphatic carbocycles. The number of carbonyl (C=O) groups is 4. The molecule has 3 aromatic carbocycles. The van der Waals surface area contributed by atoms with E-state index in [1.54, 1.807) is 32.9 Å². The molecule has 1 heterocycles. The van der Waals surface area contributed by atoms with Gasteiger partial charge in [0.1, 0.15) is 23.2 Å². The van der Waals surface area contributed by atoms with Crippen molar-refractivity contribution in [2.45, 2.75) is 51.4 Å². The van der Waals surface area contributed by atoms with E-state index >= 15 is 0 Å². The summed E-state index contributed by atoms with van der Waals surface area (Å²) in [6, 6.07) is 17.2. The number of carbonyl (C=O) groups excluding carboxylic acids is 4. The summed E-state index contributed by atoms with van der Waals surface area (Å²) in [5, 5.41) is 25.0. The number of anilines is 1. The minimum Gasteiger partial charge on any atom is -0.508 e. The summed E-state index contributed by atoms with van der Waals surface area (Å²) >= 11 is 0. The van der Waals surface area contributed by atoms with Crippen molar-refractivity contribution >= 4 is 29.6 Å². The van der Waals surface area contributed by atoms with Crippen LogP contribution in [-0.2, 0) is 9.47 Å². The molecule has 0 saturated carbocycles. The molecule has 3 amide bonds. The van der Waals surface area contributed by atoms with Gasteiger partial charge in [0.15, 0.2) is 0 Å². The van der Waals surface area contributed by atoms with E-state index in [-0.39, 0.29) is 34.7 Å². The first kappa shape index (κ1) is 30.9. The maximum absolute atomic E-state index is 13.2. The Balaban J connectivity index is 1.48. The van der Waals surface area contributed by atoms with Gasteiger partial charge in [-0.25, -0.2) is 9.59 Å². The second-order valence-corrected chi connectivity index (χ2v) is 11.2. The molecule has 226 valence electrons. The van der Waals surface area contributed by atoms with Crippen molar-refractivity contribution in [2.75, 3.05) is 18.4 Å². The fraction of sp³-hybridized carbons (Fsp3) is 0.312. The van der Waals surface area contributed by atoms with Crippen LogP contribution in [0.1, 0.15) is 64.7 Å². The Morgan fingerprint density at radius 1 is 0.860 bits per heavy atom. The van der Waals surface area contributed by atoms with E-state index in [4.69, 9.17) is 9.47 Å². The third kappa shape index (κ3) is 8.48. The molecule has 0 spiro atoms. The van der Waals surface area contributed by atoms with Gasteiger partial charge in [0.2, 0.25) is 0 Å². The number of hydrogen-bond acceptors (Lipinski definition) is 8. The van der Waals surface area contributed by atoms with Gasteiger partial charge in [0.05, 0.1) is 17.2 Å². The highest BCUT2D eigenvalue weighted by Crippen LogP contribution is 2.22. The van der Waals surface area contributed by atoms with Crippen LogP contribution < -0.4 is 10.6 Å². The Morgan fingerprint density at radius 3 is 2.16 bits per heavy atom. The Morgan fingerprint density at radius 2 is 1.51 bits per heavy atom. The van der Waals surface area contributed by atoms with Crippen LogP contribution in [0, 0.1) is 0 Å². The number of ether oxygens (including phenoxy) is 2. The molecule has 0 unspecified atom stereocenters. The van der Waals surface area contributed by atoms with Crippen LogP contribution >= 0.6 is 0 Å². The lowest BCUT2D eigenvalue weighted by atomic mass is 10.1. The van der Waals surface area contributed by atoms with Crippen molar-refractivity contribution in [3.05, 3.63) is 89.5 Å². The Labute approximate surface area is 249 Å². The number of phenolic OH excluding ortho intramolecular Hbond substituents is 2. The molecular formula is C32H35N3O8. The second-order valence-electron chi connectivity index (χ2n) is 11.2. The number of hydrogen-bond donors (Lipinski definition) is 4. The Bertz CT molecular complexity index is 1470. The molecule has 2 atom stereocenters. The standard InChI is InChI=1S/C32H35N3O8/c1-32(2,3)43-31(41)35-18-6-9-27(25(19-35)34-28(38)20-12-16-23(36)17-13-20)42-30(40)21-10-14-22(15-11-21)33-29(39)24-7-4-5-8-26(24)37/h4-5,7-8,10-17,25,27,36-37H,6,9,18-19H2,1-3H3,(H,33,39)(H,34,38)/t25-,27-/m1/s1. The molecule has 43 heavy (non-hydrogen) atoms. The molecular weight excluding hydrogens is 554 g/mol. The highest BCUT2D eigenvalue weighted by Gasteiger charge is 2.35. The molecule has 3 aromatic rings. The molecule has 1 aliphatic heterocycles. The fourth-order valence-corrected chi connectivity index (χ4v) is 4.53. The van der Waals surface area contributed by atoms with Crippen LogP contribution in [0.5, 0.6) is 11.5 Å². The number of esters is 1. The van der Waals surface area contributed by atoms with Gasteiger partial charge in [-0.2, -0.15) is 0 Å². The van der Waals surface area contributed by atoms with Crippen molar-refractivity contribution in [3.63, 3.8) is 0 Å². The predicted octanol–water partition coefficient (Wildman–Crippen LogP) is 4.71. The SMILES string of the molecule is CC(C)(C)OC(=O)N1CCC[C@@H](OC(=O)c2ccc(NC(=O)c3ccccc3O)cc2)[C@H](NC(=O)c2ccc(O)cc2)C1. The van der Waals surface area contributed by atoms with E-state index < -0.39 is 41.6 Å². The highest BCUT2D eigenvalue weighted by atomic mass is 16.6. The molecule has 0 aromatic heterocycles. The molecule has 11 heteroatoms. The first-order valence-corrected chi connectivity index (χ1v) is 13.9. The maximum atomic E-state index is 13.2. The summed E-state index contributed by atoms with van der Waals surface area (Å²) in [4.78, 5) is 53.1. The normalized spacial score (nSPS) is 16.9. The van der Waals surface area contributed by atoms with Gasteiger partial charge < -0.3 is 35.2 Å². The number of aromatic hydroxyl groups is 2. The Hall–Kier alpha value is -5.06. The number of nitrogens with zero attached hydrogens (tertiary/aromatic N) is 1. The molecule has 1 fully saturated rings. The van der Waals surface area contributed by atoms with Crippen LogP contribution in [0.15, 0.2) is 72.8 Å². The lowest BCUT2D eigenvalue weighted by molar-refractivity contribution is 0.0127. The van der Waals surface area contributed by atoms with Crippen molar-refractivity contribution in [1.82, 2.24) is 10.2 Å². The molecule has 11 nitrogen and oxygen atoms in total. The predicted molar refractivity (Wildman–Crippen MR) is 158 cm³/mol. The van der Waals surface area contributed by atoms with Crippen LogP contribution in [0.4, 0.5) is 10.5 Å². The molecule has 1 aliphatic rings. The number of benzene rings is 3. The summed E-state index contributed by atoms with van der Waals surface area (Å²) in [5.74, 6) is -1.74. The first-order valence-electron chi connectivity index (χ1n) is 13.9. The minimum absolute atomic E-state index is 0.0118. The van der Waals surface area contributed by atoms with Crippen molar-refractivity contribution in [2.24, 2.45) is 0 Å². The van der Waals surface area contributed by atoms with E-state index in [0.29, 0.717) is 25.1 Å². The number of likely N-dealkylation sites (tertiary alicyclic amines) is 1. The molecule has 0 radical (unpaired) electrons. The van der Waals surface area contributed by atoms with Gasteiger partial charge in [0, 0.05) is 24.3 Å². The summed E-state index contributed by atoms with van der Waals surface area (Å²) in [7, 11) is 0. The zero-order valence-corrected chi connectivity index (χ0v) is 24.2.